The summed E-state index contributed by atoms with van der Waals surface area (Å²) in [6.45, 7) is 2.18. The van der Waals surface area contributed by atoms with E-state index < -0.39 is 31.9 Å². The number of fused-ring (bicyclic) bond motifs is 1. The van der Waals surface area contributed by atoms with Crippen molar-refractivity contribution in [3.63, 3.8) is 0 Å². The molecule has 1 aromatic rings. The largest absolute Gasteiger partial charge is 0.480 e. The van der Waals surface area contributed by atoms with Gasteiger partial charge in [-0.3, -0.25) is 4.57 Å². The van der Waals surface area contributed by atoms with Gasteiger partial charge in [0.1, 0.15) is 12.3 Å². The van der Waals surface area contributed by atoms with Gasteiger partial charge in [-0.25, -0.2) is 9.59 Å². The Morgan fingerprint density at radius 1 is 1.28 bits per heavy atom. The van der Waals surface area contributed by atoms with Gasteiger partial charge in [-0.15, -0.1) is 0 Å². The zero-order chi connectivity index (χ0) is 18.6. The van der Waals surface area contributed by atoms with E-state index in [9.17, 15) is 29.0 Å². The summed E-state index contributed by atoms with van der Waals surface area (Å²) in [6, 6.07) is 5.58. The number of amides is 2. The van der Waals surface area contributed by atoms with Crippen molar-refractivity contribution < 1.29 is 29.0 Å². The van der Waals surface area contributed by atoms with Gasteiger partial charge in [-0.1, -0.05) is 37.6 Å². The van der Waals surface area contributed by atoms with E-state index >= 15 is 0 Å². The van der Waals surface area contributed by atoms with E-state index in [2.05, 4.69) is 0 Å². The van der Waals surface area contributed by atoms with Crippen molar-refractivity contribution in [2.24, 2.45) is 0 Å². The van der Waals surface area contributed by atoms with Gasteiger partial charge in [0.2, 0.25) is 0 Å². The molecule has 1 aliphatic rings. The Balaban J connectivity index is 2.29. The van der Waals surface area contributed by atoms with Crippen molar-refractivity contribution in [2.45, 2.75) is 38.8 Å². The third kappa shape index (κ3) is 5.04. The van der Waals surface area contributed by atoms with Crippen molar-refractivity contribution in [3.05, 3.63) is 35.4 Å². The molecule has 2 rings (SSSR count). The number of carboxylic acids is 1. The molecule has 0 radical (unpaired) electrons. The Morgan fingerprint density at radius 2 is 1.92 bits per heavy atom. The molecule has 1 aliphatic heterocycles. The number of aliphatic carboxylic acids is 1. The molecule has 0 spiro atoms. The lowest BCUT2D eigenvalue weighted by molar-refractivity contribution is -0.142. The van der Waals surface area contributed by atoms with Gasteiger partial charge in [0.05, 0.1) is 0 Å². The molecular formula is C16H23N2O6P. The van der Waals surface area contributed by atoms with E-state index in [1.165, 1.54) is 4.90 Å². The molecule has 8 nitrogen and oxygen atoms in total. The Morgan fingerprint density at radius 3 is 2.48 bits per heavy atom. The summed E-state index contributed by atoms with van der Waals surface area (Å²) in [5.41, 5.74) is 1.72. The molecule has 9 heteroatoms. The molecule has 138 valence electrons. The number of nitrogens with zero attached hydrogens (tertiary/aromatic N) is 2. The van der Waals surface area contributed by atoms with E-state index in [-0.39, 0.29) is 19.5 Å². The van der Waals surface area contributed by atoms with Crippen LogP contribution >= 0.6 is 7.60 Å². The van der Waals surface area contributed by atoms with Crippen LogP contribution in [0.5, 0.6) is 0 Å². The summed E-state index contributed by atoms with van der Waals surface area (Å²) in [4.78, 5) is 45.2. The first-order valence-corrected chi connectivity index (χ1v) is 9.92. The first-order valence-electron chi connectivity index (χ1n) is 8.12. The second-order valence-corrected chi connectivity index (χ2v) is 7.77. The van der Waals surface area contributed by atoms with Crippen molar-refractivity contribution in [1.82, 2.24) is 9.80 Å². The maximum absolute atomic E-state index is 12.9. The number of carbonyl (C=O) groups is 2. The molecule has 0 fully saturated rings. The summed E-state index contributed by atoms with van der Waals surface area (Å²) in [7, 11) is -4.45. The molecule has 0 saturated heterocycles. The highest BCUT2D eigenvalue weighted by Gasteiger charge is 2.37. The monoisotopic (exact) mass is 370 g/mol. The van der Waals surface area contributed by atoms with E-state index in [0.717, 1.165) is 22.4 Å². The van der Waals surface area contributed by atoms with Crippen LogP contribution in [-0.4, -0.2) is 55.6 Å². The number of hydrogen-bond donors (Lipinski definition) is 3. The molecule has 1 atom stereocenters. The van der Waals surface area contributed by atoms with Crippen LogP contribution in [0.3, 0.4) is 0 Å². The minimum Gasteiger partial charge on any atom is -0.480 e. The molecule has 0 saturated carbocycles. The fourth-order valence-electron chi connectivity index (χ4n) is 2.92. The van der Waals surface area contributed by atoms with Crippen LogP contribution in [0.2, 0.25) is 0 Å². The van der Waals surface area contributed by atoms with Gasteiger partial charge in [0, 0.05) is 19.5 Å². The number of rotatable bonds is 6. The maximum Gasteiger partial charge on any atom is 0.344 e. The summed E-state index contributed by atoms with van der Waals surface area (Å²) < 4.78 is 11.4. The van der Waals surface area contributed by atoms with Crippen LogP contribution in [0.15, 0.2) is 24.3 Å². The van der Waals surface area contributed by atoms with Crippen LogP contribution < -0.4 is 0 Å². The fourth-order valence-corrected chi connectivity index (χ4v) is 3.63. The average molecular weight is 370 g/mol. The maximum atomic E-state index is 12.9. The van der Waals surface area contributed by atoms with Crippen LogP contribution in [0.4, 0.5) is 4.79 Å². The van der Waals surface area contributed by atoms with Crippen LogP contribution in [0, 0.1) is 0 Å². The zero-order valence-electron chi connectivity index (χ0n) is 14.0. The number of urea groups is 1. The highest BCUT2D eigenvalue weighted by atomic mass is 31.2. The highest BCUT2D eigenvalue weighted by molar-refractivity contribution is 7.51. The van der Waals surface area contributed by atoms with Gasteiger partial charge in [0.25, 0.3) is 0 Å². The van der Waals surface area contributed by atoms with Crippen LogP contribution in [-0.2, 0) is 22.3 Å². The zero-order valence-corrected chi connectivity index (χ0v) is 14.9. The van der Waals surface area contributed by atoms with Crippen LogP contribution in [0.1, 0.15) is 30.9 Å². The van der Waals surface area contributed by atoms with E-state index in [0.29, 0.717) is 6.42 Å². The molecule has 1 aromatic carbocycles. The number of hydrogen-bond acceptors (Lipinski definition) is 3. The van der Waals surface area contributed by atoms with E-state index in [1.807, 2.05) is 31.2 Å². The number of unbranched alkanes of at least 4 members (excludes halogenated alkanes) is 1. The molecule has 0 aliphatic carbocycles. The molecular weight excluding hydrogens is 347 g/mol. The van der Waals surface area contributed by atoms with Gasteiger partial charge in [-0.05, 0) is 17.5 Å². The first-order chi connectivity index (χ1) is 11.7. The summed E-state index contributed by atoms with van der Waals surface area (Å²) in [5, 5.41) is 9.51. The van der Waals surface area contributed by atoms with E-state index in [1.54, 1.807) is 0 Å². The fraction of sp³-hybridized carbons (Fsp3) is 0.500. The molecule has 3 N–H and O–H groups in total. The van der Waals surface area contributed by atoms with Crippen molar-refractivity contribution in [1.29, 1.82) is 0 Å². The van der Waals surface area contributed by atoms with Crippen molar-refractivity contribution >= 4 is 19.6 Å². The molecule has 2 amide bonds. The summed E-state index contributed by atoms with van der Waals surface area (Å²) in [5.74, 6) is -1.13. The molecule has 0 aromatic heterocycles. The second-order valence-electron chi connectivity index (χ2n) is 6.16. The predicted molar refractivity (Wildman–Crippen MR) is 91.0 cm³/mol. The minimum atomic E-state index is -4.45. The average Bonchev–Trinajstić information content (AvgIpc) is 2.55. The lowest BCUT2D eigenvalue weighted by atomic mass is 9.94. The lowest BCUT2D eigenvalue weighted by Gasteiger charge is -2.38. The van der Waals surface area contributed by atoms with Crippen molar-refractivity contribution in [2.75, 3.05) is 12.8 Å². The highest BCUT2D eigenvalue weighted by Crippen LogP contribution is 2.36. The smallest absolute Gasteiger partial charge is 0.344 e. The summed E-state index contributed by atoms with van der Waals surface area (Å²) >= 11 is 0. The Kier molecular flexibility index (Phi) is 6.21. The topological polar surface area (TPSA) is 118 Å². The second kappa shape index (κ2) is 7.99. The first kappa shape index (κ1) is 19.4. The third-order valence-electron chi connectivity index (χ3n) is 4.19. The van der Waals surface area contributed by atoms with Crippen molar-refractivity contribution in [3.8, 4) is 0 Å². The number of carboxylic acid groups (broad SMARTS) is 1. The minimum absolute atomic E-state index is 0.107. The standard InChI is InChI=1S/C16H23N2O6P/c1-2-3-8-17(11-25(22,23)24)16(21)18-10-13-7-5-4-6-12(13)9-14(18)15(19)20/h4-7,14H,2-3,8-11H2,1H3,(H,19,20)(H2,22,23,24)/t14-/m0/s1. The van der Waals surface area contributed by atoms with Crippen LogP contribution in [0.25, 0.3) is 0 Å². The Hall–Kier alpha value is -1.89. The molecule has 1 heterocycles. The third-order valence-corrected chi connectivity index (χ3v) is 4.90. The number of benzene rings is 1. The molecule has 0 bridgehead atoms. The molecule has 0 unspecified atom stereocenters. The van der Waals surface area contributed by atoms with Gasteiger partial charge in [0.15, 0.2) is 0 Å². The summed E-state index contributed by atoms with van der Waals surface area (Å²) in [6.07, 6.45) is 0.787. The van der Waals surface area contributed by atoms with E-state index in [4.69, 9.17) is 0 Å². The quantitative estimate of drug-likeness (QED) is 0.658. The van der Waals surface area contributed by atoms with Gasteiger partial charge in [-0.2, -0.15) is 0 Å². The normalized spacial score (nSPS) is 17.1. The lowest BCUT2D eigenvalue weighted by Crippen LogP contribution is -2.53. The Bertz CT molecular complexity index is 689. The number of carbonyl (C=O) groups excluding carboxylic acids is 1. The molecule has 25 heavy (non-hydrogen) atoms. The van der Waals surface area contributed by atoms with Gasteiger partial charge >= 0.3 is 19.6 Å². The predicted octanol–water partition coefficient (Wildman–Crippen LogP) is 1.86. The SMILES string of the molecule is CCCCN(CP(=O)(O)O)C(=O)N1Cc2ccccc2C[C@H]1C(=O)O. The Labute approximate surface area is 146 Å². The van der Waals surface area contributed by atoms with Gasteiger partial charge < -0.3 is 24.7 Å².